The van der Waals surface area contributed by atoms with Crippen LogP contribution in [0.15, 0.2) is 30.3 Å². The SMILES string of the molecule is CN(C(=O)C[S@](=O)Cc1nnnn1-c1ccccc1)C1CCCCC1. The summed E-state index contributed by atoms with van der Waals surface area (Å²) in [5.74, 6) is 0.600. The van der Waals surface area contributed by atoms with Crippen LogP contribution in [0, 0.1) is 0 Å². The van der Waals surface area contributed by atoms with E-state index in [1.54, 1.807) is 9.58 Å². The first-order valence-electron chi connectivity index (χ1n) is 8.58. The molecule has 1 aliphatic rings. The highest BCUT2D eigenvalue weighted by molar-refractivity contribution is 7.84. The molecule has 1 aliphatic carbocycles. The molecule has 7 nitrogen and oxygen atoms in total. The molecule has 0 spiro atoms. The Morgan fingerprint density at radius 1 is 1.24 bits per heavy atom. The third-order valence-electron chi connectivity index (χ3n) is 4.63. The molecular formula is C17H23N5O2S. The number of para-hydroxylation sites is 1. The third-order valence-corrected chi connectivity index (χ3v) is 5.77. The summed E-state index contributed by atoms with van der Waals surface area (Å²) in [6.45, 7) is 0. The molecule has 1 aromatic carbocycles. The van der Waals surface area contributed by atoms with Gasteiger partial charge in [0.2, 0.25) is 5.91 Å². The predicted octanol–water partition coefficient (Wildman–Crippen LogP) is 1.70. The van der Waals surface area contributed by atoms with Gasteiger partial charge in [-0.1, -0.05) is 37.5 Å². The first-order valence-corrected chi connectivity index (χ1v) is 10.1. The van der Waals surface area contributed by atoms with Gasteiger partial charge in [-0.05, 0) is 35.4 Å². The Balaban J connectivity index is 1.60. The largest absolute Gasteiger partial charge is 0.342 e. The molecule has 1 aromatic heterocycles. The van der Waals surface area contributed by atoms with Gasteiger partial charge in [-0.3, -0.25) is 9.00 Å². The van der Waals surface area contributed by atoms with E-state index in [0.717, 1.165) is 31.4 Å². The molecule has 134 valence electrons. The number of hydrogen-bond acceptors (Lipinski definition) is 5. The highest BCUT2D eigenvalue weighted by Gasteiger charge is 2.24. The maximum absolute atomic E-state index is 12.4. The number of rotatable bonds is 6. The molecule has 1 atom stereocenters. The van der Waals surface area contributed by atoms with Gasteiger partial charge < -0.3 is 4.90 Å². The molecule has 2 aromatic rings. The standard InChI is InChI=1S/C17H23N5O2S/c1-21(14-8-4-2-5-9-14)17(23)13-25(24)12-16-18-19-20-22(16)15-10-6-3-7-11-15/h3,6-7,10-11,14H,2,4-5,8-9,12-13H2,1H3/t25-/m1/s1. The number of hydrogen-bond donors (Lipinski definition) is 0. The van der Waals surface area contributed by atoms with Crippen LogP contribution in [0.4, 0.5) is 0 Å². The van der Waals surface area contributed by atoms with Gasteiger partial charge in [-0.15, -0.1) is 5.10 Å². The monoisotopic (exact) mass is 361 g/mol. The first-order chi connectivity index (χ1) is 12.1. The molecule has 1 saturated carbocycles. The summed E-state index contributed by atoms with van der Waals surface area (Å²) in [5, 5.41) is 11.6. The van der Waals surface area contributed by atoms with Gasteiger partial charge in [0.15, 0.2) is 5.82 Å². The Morgan fingerprint density at radius 2 is 1.96 bits per heavy atom. The van der Waals surface area contributed by atoms with E-state index in [9.17, 15) is 9.00 Å². The molecule has 0 N–H and O–H groups in total. The molecule has 1 fully saturated rings. The Morgan fingerprint density at radius 3 is 2.68 bits per heavy atom. The molecule has 25 heavy (non-hydrogen) atoms. The van der Waals surface area contributed by atoms with Crippen molar-refractivity contribution >= 4 is 16.7 Å². The van der Waals surface area contributed by atoms with Crippen molar-refractivity contribution in [2.45, 2.75) is 43.9 Å². The molecule has 3 rings (SSSR count). The van der Waals surface area contributed by atoms with Crippen LogP contribution in [0.2, 0.25) is 0 Å². The number of amides is 1. The van der Waals surface area contributed by atoms with Crippen LogP contribution in [0.3, 0.4) is 0 Å². The summed E-state index contributed by atoms with van der Waals surface area (Å²) in [6.07, 6.45) is 5.66. The van der Waals surface area contributed by atoms with Crippen LogP contribution >= 0.6 is 0 Å². The Kier molecular flexibility index (Phi) is 5.91. The first kappa shape index (κ1) is 17.7. The number of nitrogens with zero attached hydrogens (tertiary/aromatic N) is 5. The summed E-state index contributed by atoms with van der Waals surface area (Å²) >= 11 is 0. The molecule has 0 bridgehead atoms. The van der Waals surface area contributed by atoms with Gasteiger partial charge >= 0.3 is 0 Å². The zero-order valence-corrected chi connectivity index (χ0v) is 15.2. The van der Waals surface area contributed by atoms with Gasteiger partial charge in [-0.2, -0.15) is 4.68 Å². The number of aromatic nitrogens is 4. The lowest BCUT2D eigenvalue weighted by molar-refractivity contribution is -0.129. The highest BCUT2D eigenvalue weighted by Crippen LogP contribution is 2.21. The minimum Gasteiger partial charge on any atom is -0.342 e. The number of tetrazole rings is 1. The summed E-state index contributed by atoms with van der Waals surface area (Å²) in [4.78, 5) is 14.2. The van der Waals surface area contributed by atoms with Crippen LogP contribution in [0.1, 0.15) is 37.9 Å². The van der Waals surface area contributed by atoms with Gasteiger partial charge in [0, 0.05) is 23.9 Å². The van der Waals surface area contributed by atoms with Gasteiger partial charge in [-0.25, -0.2) is 0 Å². The summed E-state index contributed by atoms with van der Waals surface area (Å²) < 4.78 is 14.0. The second kappa shape index (κ2) is 8.33. The summed E-state index contributed by atoms with van der Waals surface area (Å²) in [6, 6.07) is 9.73. The van der Waals surface area contributed by atoms with Crippen LogP contribution < -0.4 is 0 Å². The minimum atomic E-state index is -1.34. The van der Waals surface area contributed by atoms with Crippen molar-refractivity contribution in [3.8, 4) is 5.69 Å². The molecule has 0 unspecified atom stereocenters. The maximum atomic E-state index is 12.4. The normalized spacial score (nSPS) is 16.5. The fourth-order valence-electron chi connectivity index (χ4n) is 3.17. The molecule has 0 aliphatic heterocycles. The minimum absolute atomic E-state index is 0.00858. The third kappa shape index (κ3) is 4.50. The average Bonchev–Trinajstić information content (AvgIpc) is 3.10. The van der Waals surface area contributed by atoms with E-state index in [-0.39, 0.29) is 23.5 Å². The van der Waals surface area contributed by atoms with Crippen LogP contribution in [-0.2, 0) is 21.3 Å². The van der Waals surface area contributed by atoms with Crippen molar-refractivity contribution in [2.24, 2.45) is 0 Å². The second-order valence-corrected chi connectivity index (χ2v) is 7.82. The van der Waals surface area contributed by atoms with Crippen LogP contribution in [-0.4, -0.2) is 54.1 Å². The van der Waals surface area contributed by atoms with E-state index in [4.69, 9.17) is 0 Å². The van der Waals surface area contributed by atoms with Crippen molar-refractivity contribution < 1.29 is 9.00 Å². The molecular weight excluding hydrogens is 338 g/mol. The number of carbonyl (C=O) groups is 1. The lowest BCUT2D eigenvalue weighted by Gasteiger charge is -2.31. The summed E-state index contributed by atoms with van der Waals surface area (Å²) in [7, 11) is 0.480. The van der Waals surface area contributed by atoms with E-state index in [0.29, 0.717) is 5.82 Å². The van der Waals surface area contributed by atoms with Gasteiger partial charge in [0.25, 0.3) is 0 Å². The Labute approximate surface area is 149 Å². The zero-order valence-electron chi connectivity index (χ0n) is 14.4. The van der Waals surface area contributed by atoms with E-state index < -0.39 is 10.8 Å². The molecule has 1 amide bonds. The van der Waals surface area contributed by atoms with Gasteiger partial charge in [0.1, 0.15) is 5.75 Å². The number of benzene rings is 1. The highest BCUT2D eigenvalue weighted by atomic mass is 32.2. The molecule has 1 heterocycles. The lowest BCUT2D eigenvalue weighted by Crippen LogP contribution is -2.40. The van der Waals surface area contributed by atoms with Crippen molar-refractivity contribution in [2.75, 3.05) is 12.8 Å². The molecule has 8 heteroatoms. The van der Waals surface area contributed by atoms with E-state index in [1.165, 1.54) is 6.42 Å². The Bertz CT molecular complexity index is 728. The molecule has 0 radical (unpaired) electrons. The average molecular weight is 361 g/mol. The second-order valence-electron chi connectivity index (χ2n) is 6.37. The smallest absolute Gasteiger partial charge is 0.235 e. The Hall–Kier alpha value is -2.09. The topological polar surface area (TPSA) is 81.0 Å². The van der Waals surface area contributed by atoms with E-state index >= 15 is 0 Å². The fourth-order valence-corrected chi connectivity index (χ4v) is 4.22. The van der Waals surface area contributed by atoms with E-state index in [1.807, 2.05) is 37.4 Å². The summed E-state index contributed by atoms with van der Waals surface area (Å²) in [5.41, 5.74) is 0.810. The van der Waals surface area contributed by atoms with Crippen LogP contribution in [0.5, 0.6) is 0 Å². The lowest BCUT2D eigenvalue weighted by atomic mass is 9.94. The van der Waals surface area contributed by atoms with E-state index in [2.05, 4.69) is 15.5 Å². The predicted molar refractivity (Wildman–Crippen MR) is 95.5 cm³/mol. The van der Waals surface area contributed by atoms with Gasteiger partial charge in [0.05, 0.1) is 11.4 Å². The van der Waals surface area contributed by atoms with Crippen molar-refractivity contribution in [1.29, 1.82) is 0 Å². The van der Waals surface area contributed by atoms with Crippen molar-refractivity contribution in [3.63, 3.8) is 0 Å². The maximum Gasteiger partial charge on any atom is 0.235 e. The zero-order chi connectivity index (χ0) is 17.6. The fraction of sp³-hybridized carbons (Fsp3) is 0.529. The van der Waals surface area contributed by atoms with Crippen molar-refractivity contribution in [1.82, 2.24) is 25.1 Å². The molecule has 0 saturated heterocycles. The quantitative estimate of drug-likeness (QED) is 0.782. The van der Waals surface area contributed by atoms with Crippen molar-refractivity contribution in [3.05, 3.63) is 36.2 Å². The number of carbonyl (C=O) groups excluding carboxylic acids is 1. The van der Waals surface area contributed by atoms with Crippen LogP contribution in [0.25, 0.3) is 5.69 Å².